The summed E-state index contributed by atoms with van der Waals surface area (Å²) in [6.07, 6.45) is 0. The Balaban J connectivity index is 1.66. The Kier molecular flexibility index (Phi) is 4.54. The largest absolute Gasteiger partial charge is 0.322 e. The van der Waals surface area contributed by atoms with E-state index in [-0.39, 0.29) is 5.91 Å². The van der Waals surface area contributed by atoms with Gasteiger partial charge in [0.2, 0.25) is 0 Å². The number of nitrogens with zero attached hydrogens (tertiary/aromatic N) is 3. The molecule has 0 radical (unpaired) electrons. The SMILES string of the molecule is O=C(Nc1cccc(Br)c1)c1cc(-c2cccc3nnsc23)nc2ccccc12. The van der Waals surface area contributed by atoms with Gasteiger partial charge in [-0.15, -0.1) is 5.10 Å². The number of anilines is 1. The van der Waals surface area contributed by atoms with Crippen molar-refractivity contribution in [1.82, 2.24) is 14.6 Å². The van der Waals surface area contributed by atoms with Crippen molar-refractivity contribution >= 4 is 60.2 Å². The molecule has 29 heavy (non-hydrogen) atoms. The Morgan fingerprint density at radius 2 is 1.76 bits per heavy atom. The van der Waals surface area contributed by atoms with E-state index in [4.69, 9.17) is 4.98 Å². The van der Waals surface area contributed by atoms with Crippen molar-refractivity contribution in [1.29, 1.82) is 0 Å². The van der Waals surface area contributed by atoms with Gasteiger partial charge in [-0.3, -0.25) is 4.79 Å². The van der Waals surface area contributed by atoms with Gasteiger partial charge in [0.05, 0.1) is 21.5 Å². The van der Waals surface area contributed by atoms with Gasteiger partial charge in [0.1, 0.15) is 5.52 Å². The zero-order valence-electron chi connectivity index (χ0n) is 15.0. The summed E-state index contributed by atoms with van der Waals surface area (Å²) >= 11 is 4.76. The summed E-state index contributed by atoms with van der Waals surface area (Å²) in [5.74, 6) is -0.183. The Morgan fingerprint density at radius 3 is 2.66 bits per heavy atom. The number of rotatable bonds is 3. The molecule has 0 aliphatic carbocycles. The number of fused-ring (bicyclic) bond motifs is 2. The predicted octanol–water partition coefficient (Wildman–Crippen LogP) is 5.92. The molecule has 3 aromatic carbocycles. The van der Waals surface area contributed by atoms with Crippen LogP contribution in [-0.2, 0) is 0 Å². The fourth-order valence-corrected chi connectivity index (χ4v) is 4.36. The summed E-state index contributed by atoms with van der Waals surface area (Å²) in [6, 6.07) is 22.9. The molecular weight excluding hydrogens is 448 g/mol. The first-order chi connectivity index (χ1) is 14.2. The van der Waals surface area contributed by atoms with Crippen LogP contribution in [0.25, 0.3) is 32.4 Å². The first-order valence-corrected chi connectivity index (χ1v) is 10.4. The lowest BCUT2D eigenvalue weighted by atomic mass is 10.0. The highest BCUT2D eigenvalue weighted by Gasteiger charge is 2.16. The van der Waals surface area contributed by atoms with E-state index in [1.807, 2.05) is 72.8 Å². The van der Waals surface area contributed by atoms with Crippen LogP contribution in [0.4, 0.5) is 5.69 Å². The summed E-state index contributed by atoms with van der Waals surface area (Å²) in [5.41, 5.74) is 4.52. The molecule has 0 saturated carbocycles. The predicted molar refractivity (Wildman–Crippen MR) is 120 cm³/mol. The lowest BCUT2D eigenvalue weighted by Gasteiger charge is -2.11. The number of halogens is 1. The third kappa shape index (κ3) is 3.39. The van der Waals surface area contributed by atoms with Crippen LogP contribution in [0.3, 0.4) is 0 Å². The molecule has 0 spiro atoms. The number of carbonyl (C=O) groups excluding carboxylic acids is 1. The fourth-order valence-electron chi connectivity index (χ4n) is 3.27. The monoisotopic (exact) mass is 460 g/mol. The number of pyridine rings is 1. The summed E-state index contributed by atoms with van der Waals surface area (Å²) in [4.78, 5) is 18.0. The molecule has 0 aliphatic heterocycles. The van der Waals surface area contributed by atoms with E-state index in [0.717, 1.165) is 42.5 Å². The molecule has 0 bridgehead atoms. The molecule has 0 aliphatic rings. The fraction of sp³-hybridized carbons (Fsp3) is 0. The number of hydrogen-bond donors (Lipinski definition) is 1. The normalized spacial score (nSPS) is 11.1. The maximum absolute atomic E-state index is 13.2. The van der Waals surface area contributed by atoms with Crippen LogP contribution < -0.4 is 5.32 Å². The van der Waals surface area contributed by atoms with Gasteiger partial charge in [-0.25, -0.2) is 4.98 Å². The summed E-state index contributed by atoms with van der Waals surface area (Å²) in [6.45, 7) is 0. The summed E-state index contributed by atoms with van der Waals surface area (Å²) in [5, 5.41) is 7.93. The highest BCUT2D eigenvalue weighted by atomic mass is 79.9. The van der Waals surface area contributed by atoms with Crippen molar-refractivity contribution in [2.45, 2.75) is 0 Å². The highest BCUT2D eigenvalue weighted by molar-refractivity contribution is 9.10. The molecule has 5 nitrogen and oxygen atoms in total. The quantitative estimate of drug-likeness (QED) is 0.362. The average molecular weight is 461 g/mol. The summed E-state index contributed by atoms with van der Waals surface area (Å²) in [7, 11) is 0. The molecule has 0 saturated heterocycles. The molecular formula is C22H13BrN4OS. The van der Waals surface area contributed by atoms with E-state index in [9.17, 15) is 4.79 Å². The minimum Gasteiger partial charge on any atom is -0.322 e. The van der Waals surface area contributed by atoms with Gasteiger partial charge >= 0.3 is 0 Å². The second-order valence-electron chi connectivity index (χ2n) is 6.46. The molecule has 0 atom stereocenters. The van der Waals surface area contributed by atoms with Gasteiger partial charge in [0.15, 0.2) is 0 Å². The minimum atomic E-state index is -0.183. The lowest BCUT2D eigenvalue weighted by Crippen LogP contribution is -2.13. The number of benzene rings is 3. The molecule has 1 amide bonds. The molecule has 7 heteroatoms. The second-order valence-corrected chi connectivity index (χ2v) is 8.13. The van der Waals surface area contributed by atoms with E-state index in [2.05, 4.69) is 30.8 Å². The van der Waals surface area contributed by atoms with Gasteiger partial charge in [-0.2, -0.15) is 0 Å². The highest BCUT2D eigenvalue weighted by Crippen LogP contribution is 2.32. The number of amides is 1. The van der Waals surface area contributed by atoms with Crippen molar-refractivity contribution in [2.75, 3.05) is 5.32 Å². The van der Waals surface area contributed by atoms with Crippen LogP contribution in [0, 0.1) is 0 Å². The van der Waals surface area contributed by atoms with Crippen molar-refractivity contribution < 1.29 is 4.79 Å². The van der Waals surface area contributed by atoms with Crippen LogP contribution in [0.15, 0.2) is 77.3 Å². The smallest absolute Gasteiger partial charge is 0.256 e. The average Bonchev–Trinajstić information content (AvgIpc) is 3.22. The van der Waals surface area contributed by atoms with Crippen LogP contribution in [0.2, 0.25) is 0 Å². The molecule has 2 heterocycles. The third-order valence-electron chi connectivity index (χ3n) is 4.59. The number of hydrogen-bond acceptors (Lipinski definition) is 5. The Bertz CT molecular complexity index is 1380. The van der Waals surface area contributed by atoms with E-state index in [0.29, 0.717) is 5.56 Å². The van der Waals surface area contributed by atoms with Gasteiger partial charge in [-0.1, -0.05) is 56.8 Å². The van der Waals surface area contributed by atoms with Crippen molar-refractivity contribution in [3.63, 3.8) is 0 Å². The van der Waals surface area contributed by atoms with Crippen LogP contribution in [-0.4, -0.2) is 20.5 Å². The van der Waals surface area contributed by atoms with Crippen LogP contribution >= 0.6 is 27.5 Å². The summed E-state index contributed by atoms with van der Waals surface area (Å²) < 4.78 is 5.91. The van der Waals surface area contributed by atoms with E-state index in [1.165, 1.54) is 11.5 Å². The Hall–Kier alpha value is -3.16. The Labute approximate surface area is 178 Å². The standard InChI is InChI=1S/C22H13BrN4OS/c23-13-5-3-6-14(11-13)24-22(28)17-12-20(25-18-9-2-1-7-15(17)18)16-8-4-10-19-21(16)29-27-26-19/h1-12H,(H,24,28). The van der Waals surface area contributed by atoms with E-state index >= 15 is 0 Å². The molecule has 2 aromatic heterocycles. The van der Waals surface area contributed by atoms with Gasteiger partial charge in [0, 0.05) is 21.1 Å². The lowest BCUT2D eigenvalue weighted by molar-refractivity contribution is 0.102. The molecule has 0 unspecified atom stereocenters. The van der Waals surface area contributed by atoms with Crippen molar-refractivity contribution in [3.05, 3.63) is 82.8 Å². The van der Waals surface area contributed by atoms with Crippen molar-refractivity contribution in [2.24, 2.45) is 0 Å². The minimum absolute atomic E-state index is 0.183. The maximum atomic E-state index is 13.2. The topological polar surface area (TPSA) is 67.8 Å². The van der Waals surface area contributed by atoms with Crippen LogP contribution in [0.1, 0.15) is 10.4 Å². The molecule has 5 aromatic rings. The van der Waals surface area contributed by atoms with E-state index in [1.54, 1.807) is 0 Å². The first-order valence-electron chi connectivity index (χ1n) is 8.87. The first kappa shape index (κ1) is 17.9. The number of para-hydroxylation sites is 1. The molecule has 5 rings (SSSR count). The molecule has 140 valence electrons. The maximum Gasteiger partial charge on any atom is 0.256 e. The Morgan fingerprint density at radius 1 is 0.931 bits per heavy atom. The molecule has 0 fully saturated rings. The van der Waals surface area contributed by atoms with Crippen LogP contribution in [0.5, 0.6) is 0 Å². The van der Waals surface area contributed by atoms with Crippen molar-refractivity contribution in [3.8, 4) is 11.3 Å². The number of aromatic nitrogens is 3. The van der Waals surface area contributed by atoms with Gasteiger partial charge in [0.25, 0.3) is 5.91 Å². The number of carbonyl (C=O) groups is 1. The van der Waals surface area contributed by atoms with E-state index < -0.39 is 0 Å². The third-order valence-corrected chi connectivity index (χ3v) is 5.86. The molecule has 1 N–H and O–H groups in total. The van der Waals surface area contributed by atoms with Gasteiger partial charge < -0.3 is 5.32 Å². The zero-order valence-corrected chi connectivity index (χ0v) is 17.4. The van der Waals surface area contributed by atoms with Gasteiger partial charge in [-0.05, 0) is 47.9 Å². The second kappa shape index (κ2) is 7.35. The zero-order chi connectivity index (χ0) is 19.8. The number of nitrogens with one attached hydrogen (secondary N) is 1.